The summed E-state index contributed by atoms with van der Waals surface area (Å²) >= 11 is -1.95. The van der Waals surface area contributed by atoms with Crippen molar-refractivity contribution < 1.29 is 2.81 Å². The van der Waals surface area contributed by atoms with Crippen LogP contribution < -0.4 is 0 Å². The molecule has 0 saturated carbocycles. The molecule has 26 valence electrons. The average molecular weight is 171 g/mol. The van der Waals surface area contributed by atoms with Crippen molar-refractivity contribution in [2.24, 2.45) is 0 Å². The monoisotopic (exact) mass is 170 g/mol. The van der Waals surface area contributed by atoms with E-state index in [1.807, 2.05) is 0 Å². The zero-order valence-electron chi connectivity index (χ0n) is 2.83. The van der Waals surface area contributed by atoms with Crippen molar-refractivity contribution >= 4 is 20.8 Å². The van der Waals surface area contributed by atoms with Gasteiger partial charge in [0.15, 0.2) is 0 Å². The van der Waals surface area contributed by atoms with Crippen LogP contribution in [0, 0.1) is 0 Å². The van der Waals surface area contributed by atoms with Gasteiger partial charge in [0.05, 0.1) is 0 Å². The maximum absolute atomic E-state index is 11.2. The molecule has 0 aromatic heterocycles. The van der Waals surface area contributed by atoms with E-state index in [4.69, 9.17) is 0 Å². The molecule has 4 heavy (non-hydrogen) atoms. The molecule has 0 aliphatic carbocycles. The van der Waals surface area contributed by atoms with E-state index in [2.05, 4.69) is 0 Å². The van der Waals surface area contributed by atoms with E-state index >= 15 is 0 Å². The van der Waals surface area contributed by atoms with Crippen molar-refractivity contribution in [2.75, 3.05) is 0 Å². The number of hydrogen-bond acceptors (Lipinski definition) is 0. The van der Waals surface area contributed by atoms with Crippen LogP contribution in [-0.2, 0) is 0 Å². The number of rotatable bonds is 0. The normalized spacial score (nSPS) is 9.00. The van der Waals surface area contributed by atoms with Gasteiger partial charge in [0, 0.05) is 0 Å². The molecule has 0 amide bonds. The van der Waals surface area contributed by atoms with Gasteiger partial charge in [-0.2, -0.15) is 0 Å². The maximum atomic E-state index is 11.2. The van der Waals surface area contributed by atoms with Crippen LogP contribution in [0.3, 0.4) is 0 Å². The molecule has 0 unspecified atom stereocenters. The molecule has 0 N–H and O–H groups in total. The zero-order valence-corrected chi connectivity index (χ0v) is 5.38. The summed E-state index contributed by atoms with van der Waals surface area (Å²) in [6.07, 6.45) is 0. The first-order valence-electron chi connectivity index (χ1n) is 1.06. The van der Waals surface area contributed by atoms with Gasteiger partial charge < -0.3 is 0 Å². The van der Waals surface area contributed by atoms with Gasteiger partial charge in [-0.05, 0) is 0 Å². The second kappa shape index (κ2) is 2.01. The predicted molar refractivity (Wildman–Crippen MR) is 18.6 cm³/mol. The van der Waals surface area contributed by atoms with Crippen LogP contribution >= 0.6 is 0 Å². The summed E-state index contributed by atoms with van der Waals surface area (Å²) < 4.78 is 11.2. The fraction of sp³-hybridized carbons (Fsp3) is 1.00. The Morgan fingerprint density at radius 3 is 1.50 bits per heavy atom. The molecule has 0 rings (SSSR count). The van der Waals surface area contributed by atoms with Crippen LogP contribution in [0.5, 0.6) is 0 Å². The van der Waals surface area contributed by atoms with Gasteiger partial charge in [-0.25, -0.2) is 0 Å². The summed E-state index contributed by atoms with van der Waals surface area (Å²) in [4.78, 5) is 3.37. The zero-order chi connectivity index (χ0) is 3.58. The summed E-state index contributed by atoms with van der Waals surface area (Å²) in [6, 6.07) is 0. The standard InChI is InChI=1S/2CH3.FH.Sb/h2*1H3;1H;/q;;;+1/p-1. The Morgan fingerprint density at radius 2 is 1.50 bits per heavy atom. The van der Waals surface area contributed by atoms with Crippen molar-refractivity contribution in [3.05, 3.63) is 0 Å². The van der Waals surface area contributed by atoms with E-state index in [0.29, 0.717) is 0 Å². The van der Waals surface area contributed by atoms with Gasteiger partial charge in [0.2, 0.25) is 0 Å². The van der Waals surface area contributed by atoms with Crippen molar-refractivity contribution in [1.82, 2.24) is 0 Å². The molecular formula is C2H6FSb. The Bertz CT molecular complexity index is 10.8. The predicted octanol–water partition coefficient (Wildman–Crippen LogP) is 1.21. The Kier molecular flexibility index (Phi) is 2.39. The van der Waals surface area contributed by atoms with Gasteiger partial charge in [-0.3, -0.25) is 0 Å². The molecule has 0 saturated heterocycles. The summed E-state index contributed by atoms with van der Waals surface area (Å²) in [7, 11) is 0. The minimum absolute atomic E-state index is 1.68. The molecule has 0 aromatic rings. The van der Waals surface area contributed by atoms with Crippen LogP contribution in [-0.4, -0.2) is 20.8 Å². The molecule has 0 nitrogen and oxygen atoms in total. The summed E-state index contributed by atoms with van der Waals surface area (Å²) in [5.41, 5.74) is 0. The van der Waals surface area contributed by atoms with Crippen LogP contribution in [0.25, 0.3) is 0 Å². The van der Waals surface area contributed by atoms with E-state index < -0.39 is 20.8 Å². The van der Waals surface area contributed by atoms with Crippen molar-refractivity contribution in [3.63, 3.8) is 0 Å². The van der Waals surface area contributed by atoms with Gasteiger partial charge in [-0.15, -0.1) is 0 Å². The van der Waals surface area contributed by atoms with E-state index in [1.54, 1.807) is 9.74 Å². The minimum atomic E-state index is -1.95. The molecule has 0 atom stereocenters. The Hall–Kier alpha value is 0.748. The van der Waals surface area contributed by atoms with Crippen LogP contribution in [0.15, 0.2) is 0 Å². The first kappa shape index (κ1) is 4.75. The first-order valence-corrected chi connectivity index (χ1v) is 7.13. The molecular weight excluding hydrogens is 165 g/mol. The van der Waals surface area contributed by atoms with Crippen LogP contribution in [0.2, 0.25) is 9.74 Å². The third kappa shape index (κ3) is 15.0. The van der Waals surface area contributed by atoms with Crippen molar-refractivity contribution in [3.8, 4) is 0 Å². The fourth-order valence-corrected chi connectivity index (χ4v) is 0. The molecule has 0 bridgehead atoms. The summed E-state index contributed by atoms with van der Waals surface area (Å²) in [5, 5.41) is 0. The fourth-order valence-electron chi connectivity index (χ4n) is 0. The second-order valence-electron chi connectivity index (χ2n) is 0.785. The molecule has 0 aliphatic rings. The molecule has 0 spiro atoms. The van der Waals surface area contributed by atoms with Gasteiger partial charge in [0.25, 0.3) is 0 Å². The number of hydrogen-bond donors (Lipinski definition) is 0. The Morgan fingerprint density at radius 1 is 1.50 bits per heavy atom. The first-order chi connectivity index (χ1) is 1.73. The molecule has 0 aromatic carbocycles. The molecule has 0 heterocycles. The van der Waals surface area contributed by atoms with Crippen LogP contribution in [0.1, 0.15) is 0 Å². The summed E-state index contributed by atoms with van der Waals surface area (Å²) in [6.45, 7) is 0. The SMILES string of the molecule is [CH3][Sb]([CH3])[F]. The van der Waals surface area contributed by atoms with Crippen molar-refractivity contribution in [2.45, 2.75) is 9.74 Å². The van der Waals surface area contributed by atoms with Crippen LogP contribution in [0.4, 0.5) is 2.81 Å². The quantitative estimate of drug-likeness (QED) is 0.480. The van der Waals surface area contributed by atoms with E-state index in [9.17, 15) is 2.81 Å². The molecule has 0 aliphatic heterocycles. The molecule has 2 heteroatoms. The van der Waals surface area contributed by atoms with Gasteiger partial charge in [0.1, 0.15) is 0 Å². The third-order valence-corrected chi connectivity index (χ3v) is 0. The van der Waals surface area contributed by atoms with Gasteiger partial charge in [-0.1, -0.05) is 0 Å². The molecule has 0 fully saturated rings. The van der Waals surface area contributed by atoms with Gasteiger partial charge >= 0.3 is 33.3 Å². The van der Waals surface area contributed by atoms with E-state index in [1.165, 1.54) is 0 Å². The molecule has 0 radical (unpaired) electrons. The number of halogens is 1. The average Bonchev–Trinajstić information content (AvgIpc) is 0.811. The van der Waals surface area contributed by atoms with E-state index in [0.717, 1.165) is 0 Å². The topological polar surface area (TPSA) is 0 Å². The second-order valence-corrected chi connectivity index (χ2v) is 5.27. The Labute approximate surface area is 33.8 Å². The Balaban J connectivity index is 2.32. The van der Waals surface area contributed by atoms with E-state index in [-0.39, 0.29) is 0 Å². The van der Waals surface area contributed by atoms with Crippen molar-refractivity contribution in [1.29, 1.82) is 0 Å². The third-order valence-electron chi connectivity index (χ3n) is 0. The summed E-state index contributed by atoms with van der Waals surface area (Å²) in [5.74, 6) is 0.